The van der Waals surface area contributed by atoms with Gasteiger partial charge in [0.2, 0.25) is 0 Å². The van der Waals surface area contributed by atoms with Gasteiger partial charge in [-0.05, 0) is 80.3 Å². The highest BCUT2D eigenvalue weighted by molar-refractivity contribution is 5.71. The first-order valence-electron chi connectivity index (χ1n) is 10.4. The number of hydrogen-bond donors (Lipinski definition) is 0. The van der Waals surface area contributed by atoms with E-state index in [0.717, 1.165) is 6.04 Å². The second-order valence-electron chi connectivity index (χ2n) is 7.65. The molecule has 2 aliphatic rings. The Morgan fingerprint density at radius 3 is 2.75 bits per heavy atom. The molecule has 0 heterocycles. The van der Waals surface area contributed by atoms with E-state index in [4.69, 9.17) is 0 Å². The van der Waals surface area contributed by atoms with E-state index in [1.807, 2.05) is 0 Å². The number of aryl methyl sites for hydroxylation is 1. The Labute approximate surface area is 149 Å². The Morgan fingerprint density at radius 2 is 2.00 bits per heavy atom. The maximum atomic E-state index is 2.76. The Morgan fingerprint density at radius 1 is 1.08 bits per heavy atom. The predicted molar refractivity (Wildman–Crippen MR) is 105 cm³/mol. The number of rotatable bonds is 8. The highest BCUT2D eigenvalue weighted by Crippen LogP contribution is 2.35. The monoisotopic (exact) mass is 325 g/mol. The van der Waals surface area contributed by atoms with Crippen LogP contribution in [0.15, 0.2) is 24.3 Å². The molecule has 0 spiro atoms. The lowest BCUT2D eigenvalue weighted by Crippen LogP contribution is -2.40. The van der Waals surface area contributed by atoms with Gasteiger partial charge in [-0.3, -0.25) is 0 Å². The molecular weight excluding hydrogens is 290 g/mol. The number of hydrogen-bond acceptors (Lipinski definition) is 1. The van der Waals surface area contributed by atoms with Crippen molar-refractivity contribution in [2.75, 3.05) is 13.1 Å². The Bertz CT molecular complexity index is 557. The molecule has 1 aromatic rings. The highest BCUT2D eigenvalue weighted by Gasteiger charge is 2.25. The standard InChI is InChI=1S/C23H35N/c1-3-5-6-9-17-24(4-2)21-16-15-20-13-10-14-22(23(20)18-21)19-11-7-8-12-19/h10-11,13-14,21H,3-9,12,15-18H2,1-2H3. The van der Waals surface area contributed by atoms with Crippen molar-refractivity contribution in [2.24, 2.45) is 0 Å². The van der Waals surface area contributed by atoms with E-state index >= 15 is 0 Å². The van der Waals surface area contributed by atoms with Crippen LogP contribution in [0, 0.1) is 0 Å². The minimum absolute atomic E-state index is 0.757. The zero-order chi connectivity index (χ0) is 16.8. The number of fused-ring (bicyclic) bond motifs is 1. The second-order valence-corrected chi connectivity index (χ2v) is 7.65. The first-order valence-corrected chi connectivity index (χ1v) is 10.4. The summed E-state index contributed by atoms with van der Waals surface area (Å²) in [4.78, 5) is 2.76. The number of nitrogens with zero attached hydrogens (tertiary/aromatic N) is 1. The zero-order valence-electron chi connectivity index (χ0n) is 15.8. The van der Waals surface area contributed by atoms with Crippen LogP contribution in [0.2, 0.25) is 0 Å². The van der Waals surface area contributed by atoms with Gasteiger partial charge < -0.3 is 4.90 Å². The molecular formula is C23H35N. The summed E-state index contributed by atoms with van der Waals surface area (Å²) in [6.07, 6.45) is 15.8. The highest BCUT2D eigenvalue weighted by atomic mass is 15.1. The van der Waals surface area contributed by atoms with Crippen LogP contribution in [0.1, 0.15) is 81.9 Å². The third-order valence-corrected chi connectivity index (χ3v) is 6.07. The smallest absolute Gasteiger partial charge is 0.0139 e. The first-order chi connectivity index (χ1) is 11.8. The quantitative estimate of drug-likeness (QED) is 0.529. The van der Waals surface area contributed by atoms with Gasteiger partial charge in [-0.1, -0.05) is 57.4 Å². The Kier molecular flexibility index (Phi) is 6.54. The lowest BCUT2D eigenvalue weighted by Gasteiger charge is -2.35. The van der Waals surface area contributed by atoms with Crippen molar-refractivity contribution in [1.29, 1.82) is 0 Å². The van der Waals surface area contributed by atoms with Crippen LogP contribution in [0.25, 0.3) is 5.57 Å². The van der Waals surface area contributed by atoms with Gasteiger partial charge >= 0.3 is 0 Å². The summed E-state index contributed by atoms with van der Waals surface area (Å²) in [5.74, 6) is 0. The van der Waals surface area contributed by atoms with E-state index in [0.29, 0.717) is 0 Å². The number of unbranched alkanes of at least 4 members (excludes halogenated alkanes) is 3. The van der Waals surface area contributed by atoms with Crippen LogP contribution in [0.4, 0.5) is 0 Å². The van der Waals surface area contributed by atoms with E-state index < -0.39 is 0 Å². The molecule has 3 rings (SSSR count). The van der Waals surface area contributed by atoms with E-state index in [-0.39, 0.29) is 0 Å². The molecule has 1 nitrogen and oxygen atoms in total. The second kappa shape index (κ2) is 8.85. The van der Waals surface area contributed by atoms with Gasteiger partial charge in [0.15, 0.2) is 0 Å². The summed E-state index contributed by atoms with van der Waals surface area (Å²) < 4.78 is 0. The SMILES string of the molecule is CCCCCCN(CC)C1CCc2cccc(C3=CCCC3)c2C1. The van der Waals surface area contributed by atoms with Crippen LogP contribution in [0.5, 0.6) is 0 Å². The number of allylic oxidation sites excluding steroid dienone is 2. The molecule has 0 N–H and O–H groups in total. The molecule has 0 aliphatic heterocycles. The molecule has 1 atom stereocenters. The summed E-state index contributed by atoms with van der Waals surface area (Å²) in [5, 5.41) is 0. The summed E-state index contributed by atoms with van der Waals surface area (Å²) >= 11 is 0. The normalized spacial score (nSPS) is 20.3. The molecule has 1 aromatic carbocycles. The fourth-order valence-corrected chi connectivity index (χ4v) is 4.64. The Hall–Kier alpha value is -1.08. The maximum Gasteiger partial charge on any atom is 0.0139 e. The van der Waals surface area contributed by atoms with Crippen molar-refractivity contribution < 1.29 is 0 Å². The van der Waals surface area contributed by atoms with Crippen LogP contribution < -0.4 is 0 Å². The average Bonchev–Trinajstić information content (AvgIpc) is 3.15. The van der Waals surface area contributed by atoms with Gasteiger partial charge in [0.1, 0.15) is 0 Å². The van der Waals surface area contributed by atoms with Gasteiger partial charge in [0.05, 0.1) is 0 Å². The predicted octanol–water partition coefficient (Wildman–Crippen LogP) is 6.01. The van der Waals surface area contributed by atoms with Gasteiger partial charge in [-0.2, -0.15) is 0 Å². The van der Waals surface area contributed by atoms with Gasteiger partial charge in [-0.15, -0.1) is 0 Å². The van der Waals surface area contributed by atoms with Gasteiger partial charge in [0.25, 0.3) is 0 Å². The third kappa shape index (κ3) is 4.11. The topological polar surface area (TPSA) is 3.24 Å². The largest absolute Gasteiger partial charge is 0.300 e. The lowest BCUT2D eigenvalue weighted by molar-refractivity contribution is 0.185. The zero-order valence-corrected chi connectivity index (χ0v) is 15.8. The van der Waals surface area contributed by atoms with Crippen molar-refractivity contribution >= 4 is 5.57 Å². The fraction of sp³-hybridized carbons (Fsp3) is 0.652. The molecule has 1 unspecified atom stereocenters. The summed E-state index contributed by atoms with van der Waals surface area (Å²) in [6.45, 7) is 7.15. The summed E-state index contributed by atoms with van der Waals surface area (Å²) in [7, 11) is 0. The maximum absolute atomic E-state index is 2.76. The van der Waals surface area contributed by atoms with Crippen molar-refractivity contribution in [3.63, 3.8) is 0 Å². The minimum Gasteiger partial charge on any atom is -0.300 e. The fourth-order valence-electron chi connectivity index (χ4n) is 4.64. The summed E-state index contributed by atoms with van der Waals surface area (Å²) in [5.41, 5.74) is 6.50. The number of likely N-dealkylation sites (N-methyl/N-ethyl adjacent to an activating group) is 1. The van der Waals surface area contributed by atoms with Crippen molar-refractivity contribution in [3.05, 3.63) is 41.0 Å². The lowest BCUT2D eigenvalue weighted by atomic mass is 9.82. The average molecular weight is 326 g/mol. The first kappa shape index (κ1) is 17.7. The minimum atomic E-state index is 0.757. The molecule has 0 saturated carbocycles. The molecule has 24 heavy (non-hydrogen) atoms. The van der Waals surface area contributed by atoms with Crippen LogP contribution in [-0.4, -0.2) is 24.0 Å². The van der Waals surface area contributed by atoms with Crippen LogP contribution in [0.3, 0.4) is 0 Å². The van der Waals surface area contributed by atoms with Crippen molar-refractivity contribution in [3.8, 4) is 0 Å². The van der Waals surface area contributed by atoms with Crippen LogP contribution in [-0.2, 0) is 12.8 Å². The molecule has 0 radical (unpaired) electrons. The molecule has 0 aromatic heterocycles. The molecule has 0 amide bonds. The molecule has 0 saturated heterocycles. The Balaban J connectivity index is 1.70. The molecule has 0 bridgehead atoms. The van der Waals surface area contributed by atoms with E-state index in [1.165, 1.54) is 77.3 Å². The molecule has 2 aliphatic carbocycles. The molecule has 132 valence electrons. The van der Waals surface area contributed by atoms with Crippen molar-refractivity contribution in [1.82, 2.24) is 4.90 Å². The van der Waals surface area contributed by atoms with Gasteiger partial charge in [-0.25, -0.2) is 0 Å². The number of benzene rings is 1. The summed E-state index contributed by atoms with van der Waals surface area (Å²) in [6, 6.07) is 7.81. The van der Waals surface area contributed by atoms with Crippen LogP contribution >= 0.6 is 0 Å². The van der Waals surface area contributed by atoms with E-state index in [9.17, 15) is 0 Å². The third-order valence-electron chi connectivity index (χ3n) is 6.07. The molecule has 0 fully saturated rings. The van der Waals surface area contributed by atoms with E-state index in [1.54, 1.807) is 22.3 Å². The van der Waals surface area contributed by atoms with E-state index in [2.05, 4.69) is 43.0 Å². The van der Waals surface area contributed by atoms with Crippen molar-refractivity contribution in [2.45, 2.75) is 84.1 Å². The van der Waals surface area contributed by atoms with Gasteiger partial charge in [0, 0.05) is 6.04 Å². The molecule has 1 heteroatoms.